The van der Waals surface area contributed by atoms with Crippen molar-refractivity contribution in [2.24, 2.45) is 0 Å². The molecule has 1 aromatic heterocycles. The van der Waals surface area contributed by atoms with Gasteiger partial charge in [-0.2, -0.15) is 0 Å². The second-order valence-electron chi connectivity index (χ2n) is 7.55. The molecular formula is C20H24BNO4. The first-order valence-electron chi connectivity index (χ1n) is 8.68. The number of carbonyl (C=O) groups is 1. The van der Waals surface area contributed by atoms with Gasteiger partial charge in [0.2, 0.25) is 0 Å². The molecule has 2 heterocycles. The van der Waals surface area contributed by atoms with Crippen molar-refractivity contribution in [3.8, 4) is 5.75 Å². The summed E-state index contributed by atoms with van der Waals surface area (Å²) in [5.41, 5.74) is 1.57. The summed E-state index contributed by atoms with van der Waals surface area (Å²) in [6.07, 6.45) is 3.42. The Morgan fingerprint density at radius 1 is 1.12 bits per heavy atom. The highest BCUT2D eigenvalue weighted by atomic mass is 16.7. The lowest BCUT2D eigenvalue weighted by atomic mass is 9.78. The number of hydrogen-bond acceptors (Lipinski definition) is 5. The minimum absolute atomic E-state index is 0.0116. The zero-order valence-corrected chi connectivity index (χ0v) is 15.9. The molecule has 1 aromatic carbocycles. The molecule has 1 aliphatic rings. The molecule has 0 spiro atoms. The Kier molecular flexibility index (Phi) is 4.91. The first-order chi connectivity index (χ1) is 12.2. The van der Waals surface area contributed by atoms with E-state index < -0.39 is 18.3 Å². The van der Waals surface area contributed by atoms with Crippen molar-refractivity contribution >= 4 is 18.4 Å². The van der Waals surface area contributed by atoms with E-state index in [1.165, 1.54) is 0 Å². The van der Waals surface area contributed by atoms with Crippen LogP contribution < -0.4 is 10.2 Å². The molecule has 0 amide bonds. The van der Waals surface area contributed by atoms with Crippen molar-refractivity contribution in [3.05, 3.63) is 53.9 Å². The van der Waals surface area contributed by atoms with Crippen molar-refractivity contribution in [2.75, 3.05) is 7.11 Å². The summed E-state index contributed by atoms with van der Waals surface area (Å²) < 4.78 is 17.3. The minimum atomic E-state index is -0.437. The molecule has 0 aliphatic carbocycles. The smallest absolute Gasteiger partial charge is 0.494 e. The highest BCUT2D eigenvalue weighted by Crippen LogP contribution is 2.36. The summed E-state index contributed by atoms with van der Waals surface area (Å²) in [6.45, 7) is 8.10. The fourth-order valence-corrected chi connectivity index (χ4v) is 2.80. The predicted molar refractivity (Wildman–Crippen MR) is 101 cm³/mol. The summed E-state index contributed by atoms with van der Waals surface area (Å²) >= 11 is 0. The maximum Gasteiger partial charge on any atom is 0.494 e. The highest BCUT2D eigenvalue weighted by Gasteiger charge is 2.51. The van der Waals surface area contributed by atoms with Crippen molar-refractivity contribution < 1.29 is 18.8 Å². The molecule has 0 bridgehead atoms. The summed E-state index contributed by atoms with van der Waals surface area (Å²) in [5, 5.41) is 0. The molecule has 1 saturated heterocycles. The standard InChI is InChI=1S/C20H24BNO4/c1-19(2)20(3,4)26-21(25-19)16-8-6-7-14(9-16)10-18(23)15-11-17(24-5)13-22-12-15/h6-9,11-13H,10H2,1-5H3. The summed E-state index contributed by atoms with van der Waals surface area (Å²) in [6, 6.07) is 9.48. The zero-order chi connectivity index (χ0) is 18.9. The average Bonchev–Trinajstić information content (AvgIpc) is 2.83. The van der Waals surface area contributed by atoms with Crippen LogP contribution in [0.3, 0.4) is 0 Å². The molecule has 0 radical (unpaired) electrons. The van der Waals surface area contributed by atoms with Crippen LogP contribution in [0.2, 0.25) is 0 Å². The van der Waals surface area contributed by atoms with Crippen LogP contribution in [-0.2, 0) is 15.7 Å². The fourth-order valence-electron chi connectivity index (χ4n) is 2.80. The number of aromatic nitrogens is 1. The van der Waals surface area contributed by atoms with Crippen LogP contribution in [0.15, 0.2) is 42.7 Å². The van der Waals surface area contributed by atoms with Crippen molar-refractivity contribution in [1.29, 1.82) is 0 Å². The Bertz CT molecular complexity index is 803. The van der Waals surface area contributed by atoms with Crippen LogP contribution in [0.4, 0.5) is 0 Å². The van der Waals surface area contributed by atoms with Gasteiger partial charge in [0.25, 0.3) is 0 Å². The number of Topliss-reactive ketones (excluding diaryl/α,β-unsaturated/α-hetero) is 1. The molecule has 1 aliphatic heterocycles. The molecule has 26 heavy (non-hydrogen) atoms. The Hall–Kier alpha value is -2.18. The number of rotatable bonds is 5. The van der Waals surface area contributed by atoms with Gasteiger partial charge in [-0.1, -0.05) is 24.3 Å². The number of nitrogens with zero attached hydrogens (tertiary/aromatic N) is 1. The summed E-state index contributed by atoms with van der Waals surface area (Å²) in [5.74, 6) is 0.560. The van der Waals surface area contributed by atoms with E-state index in [-0.39, 0.29) is 12.2 Å². The van der Waals surface area contributed by atoms with Gasteiger partial charge in [-0.25, -0.2) is 0 Å². The van der Waals surface area contributed by atoms with E-state index in [2.05, 4.69) is 4.98 Å². The maximum absolute atomic E-state index is 12.6. The molecular weight excluding hydrogens is 329 g/mol. The van der Waals surface area contributed by atoms with Gasteiger partial charge in [0.15, 0.2) is 5.78 Å². The number of methoxy groups -OCH3 is 1. The van der Waals surface area contributed by atoms with E-state index >= 15 is 0 Å². The third-order valence-electron chi connectivity index (χ3n) is 5.11. The van der Waals surface area contributed by atoms with Gasteiger partial charge < -0.3 is 14.0 Å². The SMILES string of the molecule is COc1cncc(C(=O)Cc2cccc(B3OC(C)(C)C(C)(C)O3)c2)c1. The molecule has 136 valence electrons. The number of pyridine rings is 1. The molecule has 1 fully saturated rings. The largest absolute Gasteiger partial charge is 0.495 e. The molecule has 0 N–H and O–H groups in total. The zero-order valence-electron chi connectivity index (χ0n) is 15.9. The van der Waals surface area contributed by atoms with Crippen LogP contribution in [0.25, 0.3) is 0 Å². The predicted octanol–water partition coefficient (Wildman–Crippen LogP) is 2.81. The molecule has 0 atom stereocenters. The van der Waals surface area contributed by atoms with Crippen LogP contribution >= 0.6 is 0 Å². The second kappa shape index (κ2) is 6.85. The first-order valence-corrected chi connectivity index (χ1v) is 8.68. The van der Waals surface area contributed by atoms with E-state index in [4.69, 9.17) is 14.0 Å². The Labute approximate surface area is 154 Å². The van der Waals surface area contributed by atoms with Crippen LogP contribution in [0.1, 0.15) is 43.6 Å². The Morgan fingerprint density at radius 3 is 2.46 bits per heavy atom. The highest BCUT2D eigenvalue weighted by molar-refractivity contribution is 6.62. The van der Waals surface area contributed by atoms with Crippen molar-refractivity contribution in [1.82, 2.24) is 4.98 Å². The Morgan fingerprint density at radius 2 is 1.81 bits per heavy atom. The monoisotopic (exact) mass is 353 g/mol. The van der Waals surface area contributed by atoms with Crippen LogP contribution in [0.5, 0.6) is 5.75 Å². The summed E-state index contributed by atoms with van der Waals surface area (Å²) in [4.78, 5) is 16.6. The number of hydrogen-bond donors (Lipinski definition) is 0. The lowest BCUT2D eigenvalue weighted by molar-refractivity contribution is 0.00578. The second-order valence-corrected chi connectivity index (χ2v) is 7.55. The van der Waals surface area contributed by atoms with Crippen molar-refractivity contribution in [3.63, 3.8) is 0 Å². The average molecular weight is 353 g/mol. The third-order valence-corrected chi connectivity index (χ3v) is 5.11. The van der Waals surface area contributed by atoms with Crippen molar-refractivity contribution in [2.45, 2.75) is 45.3 Å². The van der Waals surface area contributed by atoms with E-state index in [1.54, 1.807) is 25.6 Å². The van der Waals surface area contributed by atoms with Gasteiger partial charge in [-0.05, 0) is 44.8 Å². The van der Waals surface area contributed by atoms with E-state index in [1.807, 2.05) is 52.0 Å². The van der Waals surface area contributed by atoms with Gasteiger partial charge in [0.05, 0.1) is 24.5 Å². The molecule has 6 heteroatoms. The molecule has 0 unspecified atom stereocenters. The molecule has 2 aromatic rings. The van der Waals surface area contributed by atoms with E-state index in [9.17, 15) is 4.79 Å². The van der Waals surface area contributed by atoms with Gasteiger partial charge in [-0.15, -0.1) is 0 Å². The minimum Gasteiger partial charge on any atom is -0.495 e. The third kappa shape index (κ3) is 3.66. The van der Waals surface area contributed by atoms with Gasteiger partial charge in [0, 0.05) is 18.2 Å². The summed E-state index contributed by atoms with van der Waals surface area (Å²) in [7, 11) is 1.12. The number of ketones is 1. The maximum atomic E-state index is 12.6. The fraction of sp³-hybridized carbons (Fsp3) is 0.400. The van der Waals surface area contributed by atoms with Gasteiger partial charge in [0.1, 0.15) is 5.75 Å². The number of benzene rings is 1. The molecule has 0 saturated carbocycles. The first kappa shape index (κ1) is 18.6. The topological polar surface area (TPSA) is 57.7 Å². The molecule has 3 rings (SSSR count). The lowest BCUT2D eigenvalue weighted by Gasteiger charge is -2.32. The lowest BCUT2D eigenvalue weighted by Crippen LogP contribution is -2.41. The van der Waals surface area contributed by atoms with Crippen LogP contribution in [-0.4, -0.2) is 36.2 Å². The molecule has 5 nitrogen and oxygen atoms in total. The normalized spacial score (nSPS) is 18.0. The van der Waals surface area contributed by atoms with Crippen LogP contribution in [0, 0.1) is 0 Å². The van der Waals surface area contributed by atoms with Gasteiger partial charge >= 0.3 is 7.12 Å². The quantitative estimate of drug-likeness (QED) is 0.611. The van der Waals surface area contributed by atoms with E-state index in [0.29, 0.717) is 11.3 Å². The van der Waals surface area contributed by atoms with E-state index in [0.717, 1.165) is 11.0 Å². The number of ether oxygens (including phenoxy) is 1. The number of carbonyl (C=O) groups excluding carboxylic acids is 1. The Balaban J connectivity index is 1.77. The van der Waals surface area contributed by atoms with Gasteiger partial charge in [-0.3, -0.25) is 9.78 Å².